The first kappa shape index (κ1) is 18.4. The zero-order valence-electron chi connectivity index (χ0n) is 14.5. The van der Waals surface area contributed by atoms with Crippen LogP contribution in [0, 0.1) is 10.1 Å². The lowest BCUT2D eigenvalue weighted by molar-refractivity contribution is -0.384. The van der Waals surface area contributed by atoms with Gasteiger partial charge < -0.3 is 10.6 Å². The predicted octanol–water partition coefficient (Wildman–Crippen LogP) is 1.28. The van der Waals surface area contributed by atoms with E-state index in [0.29, 0.717) is 5.56 Å². The molecule has 0 saturated carbocycles. The number of non-ortho nitro benzene ring substituents is 1. The van der Waals surface area contributed by atoms with Gasteiger partial charge in [0.1, 0.15) is 12.1 Å². The predicted molar refractivity (Wildman–Crippen MR) is 88.6 cm³/mol. The lowest BCUT2D eigenvalue weighted by atomic mass is 9.92. The molecule has 1 heterocycles. The molecule has 1 fully saturated rings. The molecule has 0 spiro atoms. The third-order valence-electron chi connectivity index (χ3n) is 3.75. The quantitative estimate of drug-likeness (QED) is 0.482. The summed E-state index contributed by atoms with van der Waals surface area (Å²) in [5, 5.41) is 16.0. The van der Waals surface area contributed by atoms with Crippen LogP contribution in [-0.4, -0.2) is 39.8 Å². The number of nitro benzene ring substituents is 1. The summed E-state index contributed by atoms with van der Waals surface area (Å²) in [5.74, 6) is -1.04. The summed E-state index contributed by atoms with van der Waals surface area (Å²) >= 11 is 0. The maximum absolute atomic E-state index is 12.7. The molecule has 1 atom stereocenters. The fourth-order valence-electron chi connectivity index (χ4n) is 2.55. The topological polar surface area (TPSA) is 122 Å². The smallest absolute Gasteiger partial charge is 0.325 e. The molecule has 0 radical (unpaired) electrons. The van der Waals surface area contributed by atoms with Crippen molar-refractivity contribution in [2.45, 2.75) is 38.8 Å². The molecule has 1 aromatic rings. The van der Waals surface area contributed by atoms with Gasteiger partial charge in [-0.3, -0.25) is 24.6 Å². The van der Waals surface area contributed by atoms with Crippen molar-refractivity contribution in [1.29, 1.82) is 0 Å². The Hall–Kier alpha value is -2.97. The van der Waals surface area contributed by atoms with E-state index < -0.39 is 40.4 Å². The van der Waals surface area contributed by atoms with E-state index in [1.807, 2.05) is 0 Å². The summed E-state index contributed by atoms with van der Waals surface area (Å²) < 4.78 is 0. The van der Waals surface area contributed by atoms with Crippen molar-refractivity contribution in [2.24, 2.45) is 0 Å². The van der Waals surface area contributed by atoms with Gasteiger partial charge in [-0.1, -0.05) is 0 Å². The molecular formula is C16H20N4O5. The SMILES string of the molecule is CC(C)(C)NC(=O)CN1C(=O)N[C@](C)(c2ccc([N+](=O)[O-])cc2)C1=O. The first-order valence-corrected chi connectivity index (χ1v) is 7.64. The minimum absolute atomic E-state index is 0.120. The Bertz CT molecular complexity index is 738. The van der Waals surface area contributed by atoms with Crippen molar-refractivity contribution < 1.29 is 19.3 Å². The second-order valence-electron chi connectivity index (χ2n) is 7.05. The van der Waals surface area contributed by atoms with Crippen molar-refractivity contribution in [3.05, 3.63) is 39.9 Å². The minimum Gasteiger partial charge on any atom is -0.350 e. The Labute approximate surface area is 144 Å². The van der Waals surface area contributed by atoms with Gasteiger partial charge in [-0.25, -0.2) is 4.79 Å². The van der Waals surface area contributed by atoms with E-state index in [1.54, 1.807) is 20.8 Å². The maximum atomic E-state index is 12.7. The molecule has 1 aromatic carbocycles. The summed E-state index contributed by atoms with van der Waals surface area (Å²) in [5.41, 5.74) is -1.59. The summed E-state index contributed by atoms with van der Waals surface area (Å²) in [4.78, 5) is 47.9. The van der Waals surface area contributed by atoms with E-state index in [4.69, 9.17) is 0 Å². The molecule has 0 aromatic heterocycles. The van der Waals surface area contributed by atoms with Crippen molar-refractivity contribution >= 4 is 23.5 Å². The zero-order chi connectivity index (χ0) is 19.0. The van der Waals surface area contributed by atoms with Crippen LogP contribution in [0.25, 0.3) is 0 Å². The number of nitrogens with one attached hydrogen (secondary N) is 2. The summed E-state index contributed by atoms with van der Waals surface area (Å²) in [7, 11) is 0. The first-order valence-electron chi connectivity index (χ1n) is 7.64. The molecule has 1 aliphatic rings. The van der Waals surface area contributed by atoms with Crippen LogP contribution in [0.4, 0.5) is 10.5 Å². The van der Waals surface area contributed by atoms with Crippen LogP contribution < -0.4 is 10.6 Å². The number of rotatable bonds is 4. The number of amides is 4. The Morgan fingerprint density at radius 3 is 2.32 bits per heavy atom. The van der Waals surface area contributed by atoms with Crippen LogP contribution in [0.5, 0.6) is 0 Å². The molecule has 9 nitrogen and oxygen atoms in total. The summed E-state index contributed by atoms with van der Waals surface area (Å²) in [6, 6.07) is 4.66. The van der Waals surface area contributed by atoms with E-state index in [2.05, 4.69) is 10.6 Å². The first-order chi connectivity index (χ1) is 11.4. The second kappa shape index (κ2) is 6.15. The van der Waals surface area contributed by atoms with Crippen LogP contribution in [0.15, 0.2) is 24.3 Å². The molecular weight excluding hydrogens is 328 g/mol. The average molecular weight is 348 g/mol. The number of carbonyl (C=O) groups excluding carboxylic acids is 3. The van der Waals surface area contributed by atoms with E-state index in [-0.39, 0.29) is 5.69 Å². The second-order valence-corrected chi connectivity index (χ2v) is 7.05. The third kappa shape index (κ3) is 3.76. The van der Waals surface area contributed by atoms with Gasteiger partial charge in [0, 0.05) is 17.7 Å². The van der Waals surface area contributed by atoms with Gasteiger partial charge in [0.25, 0.3) is 11.6 Å². The molecule has 9 heteroatoms. The van der Waals surface area contributed by atoms with Gasteiger partial charge in [-0.05, 0) is 45.4 Å². The van der Waals surface area contributed by atoms with E-state index in [9.17, 15) is 24.5 Å². The monoisotopic (exact) mass is 348 g/mol. The van der Waals surface area contributed by atoms with Gasteiger partial charge in [0.15, 0.2) is 0 Å². The summed E-state index contributed by atoms with van der Waals surface area (Å²) in [6.45, 7) is 6.47. The highest BCUT2D eigenvalue weighted by atomic mass is 16.6. The number of carbonyl (C=O) groups is 3. The van der Waals surface area contributed by atoms with E-state index >= 15 is 0 Å². The molecule has 2 N–H and O–H groups in total. The lowest BCUT2D eigenvalue weighted by Crippen LogP contribution is -2.48. The fraction of sp³-hybridized carbons (Fsp3) is 0.438. The van der Waals surface area contributed by atoms with Crippen molar-refractivity contribution in [2.75, 3.05) is 6.54 Å². The van der Waals surface area contributed by atoms with Crippen molar-refractivity contribution in [3.8, 4) is 0 Å². The largest absolute Gasteiger partial charge is 0.350 e. The molecule has 0 aliphatic carbocycles. The Morgan fingerprint density at radius 1 is 1.28 bits per heavy atom. The molecule has 0 bridgehead atoms. The molecule has 1 aliphatic heterocycles. The number of hydrogen-bond acceptors (Lipinski definition) is 5. The number of imide groups is 1. The van der Waals surface area contributed by atoms with Crippen LogP contribution >= 0.6 is 0 Å². The number of urea groups is 1. The Balaban J connectivity index is 2.21. The van der Waals surface area contributed by atoms with Crippen molar-refractivity contribution in [3.63, 3.8) is 0 Å². The van der Waals surface area contributed by atoms with Crippen LogP contribution in [0.1, 0.15) is 33.3 Å². The standard InChI is InChI=1S/C16H20N4O5/c1-15(2,3)17-12(21)9-19-13(22)16(4,18-14(19)23)10-5-7-11(8-6-10)20(24)25/h5-8H,9H2,1-4H3,(H,17,21)(H,18,23)/t16-/m1/s1. The van der Waals surface area contributed by atoms with E-state index in [1.165, 1.54) is 31.2 Å². The average Bonchev–Trinajstić information content (AvgIpc) is 2.70. The number of hydrogen-bond donors (Lipinski definition) is 2. The van der Waals surface area contributed by atoms with Gasteiger partial charge in [0.05, 0.1) is 4.92 Å². The van der Waals surface area contributed by atoms with Crippen LogP contribution in [0.2, 0.25) is 0 Å². The van der Waals surface area contributed by atoms with Gasteiger partial charge in [0.2, 0.25) is 5.91 Å². The Morgan fingerprint density at radius 2 is 1.84 bits per heavy atom. The molecule has 134 valence electrons. The number of nitro groups is 1. The van der Waals surface area contributed by atoms with Gasteiger partial charge >= 0.3 is 6.03 Å². The van der Waals surface area contributed by atoms with E-state index in [0.717, 1.165) is 4.90 Å². The maximum Gasteiger partial charge on any atom is 0.325 e. The number of nitrogens with zero attached hydrogens (tertiary/aromatic N) is 2. The number of benzene rings is 1. The highest BCUT2D eigenvalue weighted by Gasteiger charge is 2.49. The fourth-order valence-corrected chi connectivity index (χ4v) is 2.55. The van der Waals surface area contributed by atoms with Crippen LogP contribution in [-0.2, 0) is 15.1 Å². The third-order valence-corrected chi connectivity index (χ3v) is 3.75. The molecule has 0 unspecified atom stereocenters. The van der Waals surface area contributed by atoms with Gasteiger partial charge in [-0.2, -0.15) is 0 Å². The molecule has 4 amide bonds. The lowest BCUT2D eigenvalue weighted by Gasteiger charge is -2.23. The minimum atomic E-state index is -1.38. The highest BCUT2D eigenvalue weighted by molar-refractivity contribution is 6.09. The Kier molecular flexibility index (Phi) is 4.52. The van der Waals surface area contributed by atoms with Crippen LogP contribution in [0.3, 0.4) is 0 Å². The normalized spacial score (nSPS) is 20.4. The van der Waals surface area contributed by atoms with Gasteiger partial charge in [-0.15, -0.1) is 0 Å². The summed E-state index contributed by atoms with van der Waals surface area (Å²) in [6.07, 6.45) is 0. The molecule has 2 rings (SSSR count). The van der Waals surface area contributed by atoms with Crippen molar-refractivity contribution in [1.82, 2.24) is 15.5 Å². The molecule has 1 saturated heterocycles. The molecule has 25 heavy (non-hydrogen) atoms. The highest BCUT2D eigenvalue weighted by Crippen LogP contribution is 2.29. The zero-order valence-corrected chi connectivity index (χ0v) is 14.5.